The summed E-state index contributed by atoms with van der Waals surface area (Å²) in [4.78, 5) is 23.5. The first-order chi connectivity index (χ1) is 10.7. The van der Waals surface area contributed by atoms with E-state index in [4.69, 9.17) is 4.74 Å². The summed E-state index contributed by atoms with van der Waals surface area (Å²) < 4.78 is 5.61. The Labute approximate surface area is 137 Å². The van der Waals surface area contributed by atoms with Crippen LogP contribution in [0.15, 0.2) is 18.2 Å². The minimum Gasteiger partial charge on any atom is -0.494 e. The molecule has 0 aromatic heterocycles. The zero-order valence-electron chi connectivity index (χ0n) is 14.4. The molecule has 0 amide bonds. The molecule has 0 spiro atoms. The molecule has 0 heterocycles. The lowest BCUT2D eigenvalue weighted by Crippen LogP contribution is -2.25. The van der Waals surface area contributed by atoms with E-state index in [1.54, 1.807) is 18.2 Å². The molecule has 0 radical (unpaired) electrons. The van der Waals surface area contributed by atoms with E-state index in [-0.39, 0.29) is 11.8 Å². The molecule has 2 unspecified atom stereocenters. The Morgan fingerprint density at radius 3 is 1.91 bits per heavy atom. The van der Waals surface area contributed by atoms with Gasteiger partial charge in [0.05, 0.1) is 18.4 Å². The van der Waals surface area contributed by atoms with Gasteiger partial charge in [-0.05, 0) is 30.4 Å². The molecule has 0 aliphatic heterocycles. The average molecular weight is 322 g/mol. The Hall–Kier alpha value is -2.04. The molecule has 0 aliphatic carbocycles. The van der Waals surface area contributed by atoms with Gasteiger partial charge in [-0.2, -0.15) is 0 Å². The van der Waals surface area contributed by atoms with Crippen LogP contribution in [-0.2, 0) is 9.59 Å². The number of rotatable bonds is 8. The van der Waals surface area contributed by atoms with E-state index in [0.29, 0.717) is 23.5 Å². The highest BCUT2D eigenvalue weighted by molar-refractivity contribution is 5.82. The van der Waals surface area contributed by atoms with Crippen LogP contribution in [0.2, 0.25) is 0 Å². The minimum atomic E-state index is -0.971. The second-order valence-corrected chi connectivity index (χ2v) is 6.31. The van der Waals surface area contributed by atoms with E-state index in [2.05, 4.69) is 0 Å². The molecule has 0 fully saturated rings. The summed E-state index contributed by atoms with van der Waals surface area (Å²) in [6.45, 7) is 9.48. The van der Waals surface area contributed by atoms with E-state index in [9.17, 15) is 19.8 Å². The molecular weight excluding hydrogens is 296 g/mol. The zero-order valence-corrected chi connectivity index (χ0v) is 14.4. The van der Waals surface area contributed by atoms with Crippen molar-refractivity contribution in [1.82, 2.24) is 0 Å². The molecule has 0 saturated carbocycles. The summed E-state index contributed by atoms with van der Waals surface area (Å²) in [7, 11) is 0. The van der Waals surface area contributed by atoms with Crippen LogP contribution in [0.5, 0.6) is 5.75 Å². The standard InChI is InChI=1S/C18H26O5/c1-6-23-13-9-7-8-12(14(10(2)3)17(19)20)16(13)15(11(4)5)18(21)22/h7-11,14-15H,6H2,1-5H3,(H,19,20)(H,21,22). The first-order valence-corrected chi connectivity index (χ1v) is 7.93. The second-order valence-electron chi connectivity index (χ2n) is 6.31. The highest BCUT2D eigenvalue weighted by atomic mass is 16.5. The van der Waals surface area contributed by atoms with Crippen LogP contribution in [0.1, 0.15) is 57.6 Å². The third-order valence-corrected chi connectivity index (χ3v) is 3.91. The fourth-order valence-electron chi connectivity index (χ4n) is 2.97. The van der Waals surface area contributed by atoms with Gasteiger partial charge in [0.2, 0.25) is 0 Å². The van der Waals surface area contributed by atoms with Gasteiger partial charge in [-0.3, -0.25) is 9.59 Å². The van der Waals surface area contributed by atoms with Crippen molar-refractivity contribution < 1.29 is 24.5 Å². The molecule has 5 heteroatoms. The molecule has 2 atom stereocenters. The third-order valence-electron chi connectivity index (χ3n) is 3.91. The monoisotopic (exact) mass is 322 g/mol. The van der Waals surface area contributed by atoms with Crippen molar-refractivity contribution in [2.24, 2.45) is 11.8 Å². The van der Waals surface area contributed by atoms with Crippen molar-refractivity contribution in [3.05, 3.63) is 29.3 Å². The van der Waals surface area contributed by atoms with Crippen LogP contribution in [-0.4, -0.2) is 28.8 Å². The average Bonchev–Trinajstić information content (AvgIpc) is 2.40. The third kappa shape index (κ3) is 4.24. The Morgan fingerprint density at radius 2 is 1.52 bits per heavy atom. The molecule has 128 valence electrons. The molecule has 1 rings (SSSR count). The molecular formula is C18H26O5. The predicted octanol–water partition coefficient (Wildman–Crippen LogP) is 3.73. The molecule has 0 aliphatic rings. The van der Waals surface area contributed by atoms with Crippen LogP contribution in [0.3, 0.4) is 0 Å². The highest BCUT2D eigenvalue weighted by Crippen LogP contribution is 2.40. The van der Waals surface area contributed by atoms with Crippen molar-refractivity contribution in [2.75, 3.05) is 6.61 Å². The van der Waals surface area contributed by atoms with Crippen molar-refractivity contribution in [1.29, 1.82) is 0 Å². The van der Waals surface area contributed by atoms with Crippen LogP contribution in [0.4, 0.5) is 0 Å². The lowest BCUT2D eigenvalue weighted by Gasteiger charge is -2.27. The van der Waals surface area contributed by atoms with Gasteiger partial charge in [0, 0.05) is 5.56 Å². The lowest BCUT2D eigenvalue weighted by atomic mass is 9.78. The van der Waals surface area contributed by atoms with Crippen molar-refractivity contribution in [2.45, 2.75) is 46.5 Å². The summed E-state index contributed by atoms with van der Waals surface area (Å²) in [5.74, 6) is -3.40. The molecule has 2 N–H and O–H groups in total. The molecule has 1 aromatic carbocycles. The van der Waals surface area contributed by atoms with Gasteiger partial charge in [0.15, 0.2) is 0 Å². The minimum absolute atomic E-state index is 0.162. The van der Waals surface area contributed by atoms with Crippen LogP contribution >= 0.6 is 0 Å². The van der Waals surface area contributed by atoms with Crippen LogP contribution in [0, 0.1) is 11.8 Å². The molecule has 0 bridgehead atoms. The number of carbonyl (C=O) groups is 2. The maximum atomic E-state index is 11.8. The number of hydrogen-bond acceptors (Lipinski definition) is 3. The SMILES string of the molecule is CCOc1cccc(C(C(=O)O)C(C)C)c1C(C(=O)O)C(C)C. The molecule has 23 heavy (non-hydrogen) atoms. The van der Waals surface area contributed by atoms with E-state index in [1.807, 2.05) is 34.6 Å². The number of carboxylic acids is 2. The molecule has 5 nitrogen and oxygen atoms in total. The normalized spacial score (nSPS) is 13.9. The fourth-order valence-corrected chi connectivity index (χ4v) is 2.97. The van der Waals surface area contributed by atoms with Gasteiger partial charge in [0.1, 0.15) is 5.75 Å². The predicted molar refractivity (Wildman–Crippen MR) is 88.0 cm³/mol. The summed E-state index contributed by atoms with van der Waals surface area (Å²) in [5.41, 5.74) is 1.01. The first-order valence-electron chi connectivity index (χ1n) is 7.93. The molecule has 1 aromatic rings. The van der Waals surface area contributed by atoms with Crippen LogP contribution in [0.25, 0.3) is 0 Å². The zero-order chi connectivity index (χ0) is 17.7. The Kier molecular flexibility index (Phi) is 6.61. The summed E-state index contributed by atoms with van der Waals surface area (Å²) in [5, 5.41) is 19.3. The molecule has 0 saturated heterocycles. The van der Waals surface area contributed by atoms with E-state index in [1.165, 1.54) is 0 Å². The van der Waals surface area contributed by atoms with Crippen molar-refractivity contribution >= 4 is 11.9 Å². The van der Waals surface area contributed by atoms with Gasteiger partial charge in [-0.1, -0.05) is 39.8 Å². The van der Waals surface area contributed by atoms with Gasteiger partial charge < -0.3 is 14.9 Å². The maximum Gasteiger partial charge on any atom is 0.311 e. The summed E-state index contributed by atoms with van der Waals surface area (Å²) in [6.07, 6.45) is 0. The number of benzene rings is 1. The number of aliphatic carboxylic acids is 2. The second kappa shape index (κ2) is 7.99. The van der Waals surface area contributed by atoms with Gasteiger partial charge in [-0.25, -0.2) is 0 Å². The Bertz CT molecular complexity index is 563. The fraction of sp³-hybridized carbons (Fsp3) is 0.556. The van der Waals surface area contributed by atoms with Crippen LogP contribution < -0.4 is 4.74 Å². The topological polar surface area (TPSA) is 83.8 Å². The quantitative estimate of drug-likeness (QED) is 0.762. The van der Waals surface area contributed by atoms with E-state index >= 15 is 0 Å². The van der Waals surface area contributed by atoms with Crippen molar-refractivity contribution in [3.63, 3.8) is 0 Å². The first kappa shape index (κ1) is 19.0. The Balaban J connectivity index is 3.66. The summed E-state index contributed by atoms with van der Waals surface area (Å²) in [6, 6.07) is 5.14. The van der Waals surface area contributed by atoms with E-state index < -0.39 is 23.8 Å². The van der Waals surface area contributed by atoms with Gasteiger partial charge >= 0.3 is 11.9 Å². The van der Waals surface area contributed by atoms with E-state index in [0.717, 1.165) is 0 Å². The largest absolute Gasteiger partial charge is 0.494 e. The highest BCUT2D eigenvalue weighted by Gasteiger charge is 2.34. The maximum absolute atomic E-state index is 11.8. The lowest BCUT2D eigenvalue weighted by molar-refractivity contribution is -0.141. The van der Waals surface area contributed by atoms with Gasteiger partial charge in [-0.15, -0.1) is 0 Å². The summed E-state index contributed by atoms with van der Waals surface area (Å²) >= 11 is 0. The van der Waals surface area contributed by atoms with Gasteiger partial charge in [0.25, 0.3) is 0 Å². The smallest absolute Gasteiger partial charge is 0.311 e. The van der Waals surface area contributed by atoms with Crippen molar-refractivity contribution in [3.8, 4) is 5.75 Å². The number of hydrogen-bond donors (Lipinski definition) is 2. The Morgan fingerprint density at radius 1 is 1.00 bits per heavy atom. The number of carboxylic acid groups (broad SMARTS) is 2. The number of ether oxygens (including phenoxy) is 1.